The molecule has 22 heavy (non-hydrogen) atoms. The molecule has 0 aliphatic carbocycles. The monoisotopic (exact) mass is 314 g/mol. The molecule has 5 heteroatoms. The predicted octanol–water partition coefficient (Wildman–Crippen LogP) is 4.05. The first-order valence-corrected chi connectivity index (χ1v) is 6.82. The standard InChI is InChI=1S/C17H18N4.ClH/c1-21(2)14-7-8-16-15(11-14)17(9-10-19-16)20-13-5-3-12(18)4-6-13;/h3-11H,18H2,1-2H3,(H,19,20);1H. The number of nitrogens with two attached hydrogens (primary N) is 1. The lowest BCUT2D eigenvalue weighted by atomic mass is 10.1. The van der Waals surface area contributed by atoms with E-state index < -0.39 is 0 Å². The number of anilines is 4. The molecule has 2 aromatic carbocycles. The van der Waals surface area contributed by atoms with Crippen LogP contribution in [-0.4, -0.2) is 19.1 Å². The number of aromatic nitrogens is 1. The normalized spacial score (nSPS) is 10.1. The Morgan fingerprint density at radius 2 is 1.73 bits per heavy atom. The molecule has 0 spiro atoms. The maximum absolute atomic E-state index is 5.72. The molecular weight excluding hydrogens is 296 g/mol. The molecule has 3 aromatic rings. The van der Waals surface area contributed by atoms with Gasteiger partial charge in [0.05, 0.1) is 5.52 Å². The Morgan fingerprint density at radius 1 is 1.00 bits per heavy atom. The minimum atomic E-state index is 0. The van der Waals surface area contributed by atoms with E-state index >= 15 is 0 Å². The largest absolute Gasteiger partial charge is 0.399 e. The summed E-state index contributed by atoms with van der Waals surface area (Å²) >= 11 is 0. The molecule has 114 valence electrons. The van der Waals surface area contributed by atoms with Crippen molar-refractivity contribution in [2.24, 2.45) is 0 Å². The van der Waals surface area contributed by atoms with Crippen molar-refractivity contribution in [1.82, 2.24) is 4.98 Å². The van der Waals surface area contributed by atoms with E-state index in [1.807, 2.05) is 56.7 Å². The molecule has 1 aromatic heterocycles. The Morgan fingerprint density at radius 3 is 2.41 bits per heavy atom. The molecule has 0 aliphatic heterocycles. The van der Waals surface area contributed by atoms with Gasteiger partial charge in [0.1, 0.15) is 0 Å². The first-order valence-electron chi connectivity index (χ1n) is 6.82. The molecule has 0 atom stereocenters. The van der Waals surface area contributed by atoms with Crippen LogP contribution in [-0.2, 0) is 0 Å². The molecule has 1 heterocycles. The molecular formula is C17H19ClN4. The topological polar surface area (TPSA) is 54.2 Å². The molecule has 0 aliphatic rings. The Hall–Kier alpha value is -2.46. The zero-order chi connectivity index (χ0) is 14.8. The van der Waals surface area contributed by atoms with Crippen molar-refractivity contribution in [2.45, 2.75) is 0 Å². The lowest BCUT2D eigenvalue weighted by molar-refractivity contribution is 1.13. The van der Waals surface area contributed by atoms with Gasteiger partial charge in [0.25, 0.3) is 0 Å². The van der Waals surface area contributed by atoms with Gasteiger partial charge in [-0.1, -0.05) is 0 Å². The van der Waals surface area contributed by atoms with E-state index in [9.17, 15) is 0 Å². The van der Waals surface area contributed by atoms with Gasteiger partial charge in [-0.2, -0.15) is 0 Å². The van der Waals surface area contributed by atoms with E-state index in [1.54, 1.807) is 0 Å². The molecule has 0 fully saturated rings. The maximum atomic E-state index is 5.72. The van der Waals surface area contributed by atoms with Gasteiger partial charge >= 0.3 is 0 Å². The second-order valence-corrected chi connectivity index (χ2v) is 5.20. The van der Waals surface area contributed by atoms with Crippen LogP contribution in [0.5, 0.6) is 0 Å². The van der Waals surface area contributed by atoms with Gasteiger partial charge in [-0.15, -0.1) is 12.4 Å². The molecule has 0 radical (unpaired) electrons. The van der Waals surface area contributed by atoms with Crippen molar-refractivity contribution in [3.63, 3.8) is 0 Å². The highest BCUT2D eigenvalue weighted by atomic mass is 35.5. The van der Waals surface area contributed by atoms with Crippen LogP contribution in [0.3, 0.4) is 0 Å². The first-order chi connectivity index (χ1) is 10.1. The van der Waals surface area contributed by atoms with Gasteiger partial charge in [0.2, 0.25) is 0 Å². The van der Waals surface area contributed by atoms with Crippen LogP contribution in [0.25, 0.3) is 10.9 Å². The van der Waals surface area contributed by atoms with Crippen molar-refractivity contribution in [3.8, 4) is 0 Å². The fourth-order valence-electron chi connectivity index (χ4n) is 2.24. The van der Waals surface area contributed by atoms with Crippen LogP contribution in [0.2, 0.25) is 0 Å². The van der Waals surface area contributed by atoms with E-state index in [-0.39, 0.29) is 12.4 Å². The molecule has 0 bridgehead atoms. The van der Waals surface area contributed by atoms with Gasteiger partial charge in [0, 0.05) is 48.4 Å². The molecule has 0 saturated carbocycles. The fourth-order valence-corrected chi connectivity index (χ4v) is 2.24. The van der Waals surface area contributed by atoms with Crippen molar-refractivity contribution >= 4 is 46.1 Å². The fraction of sp³-hybridized carbons (Fsp3) is 0.118. The van der Waals surface area contributed by atoms with Gasteiger partial charge < -0.3 is 16.0 Å². The van der Waals surface area contributed by atoms with Crippen LogP contribution in [0.15, 0.2) is 54.7 Å². The summed E-state index contributed by atoms with van der Waals surface area (Å²) in [5.74, 6) is 0. The van der Waals surface area contributed by atoms with E-state index in [4.69, 9.17) is 5.73 Å². The quantitative estimate of drug-likeness (QED) is 0.716. The summed E-state index contributed by atoms with van der Waals surface area (Å²) in [7, 11) is 4.06. The number of halogens is 1. The number of nitrogens with zero attached hydrogens (tertiary/aromatic N) is 2. The number of fused-ring (bicyclic) bond motifs is 1. The second kappa shape index (κ2) is 6.54. The van der Waals surface area contributed by atoms with Crippen molar-refractivity contribution in [3.05, 3.63) is 54.7 Å². The molecule has 3 N–H and O–H groups in total. The zero-order valence-corrected chi connectivity index (χ0v) is 13.4. The molecule has 0 saturated heterocycles. The number of hydrogen-bond donors (Lipinski definition) is 2. The lowest BCUT2D eigenvalue weighted by Gasteiger charge is -2.15. The third-order valence-electron chi connectivity index (χ3n) is 3.43. The number of nitrogen functional groups attached to an aromatic ring is 1. The first kappa shape index (κ1) is 15.9. The summed E-state index contributed by atoms with van der Waals surface area (Å²) < 4.78 is 0. The Kier molecular flexibility index (Phi) is 4.73. The van der Waals surface area contributed by atoms with E-state index in [1.165, 1.54) is 0 Å². The smallest absolute Gasteiger partial charge is 0.0724 e. The van der Waals surface area contributed by atoms with Crippen LogP contribution < -0.4 is 16.0 Å². The average Bonchev–Trinajstić information content (AvgIpc) is 2.49. The number of pyridine rings is 1. The van der Waals surface area contributed by atoms with Gasteiger partial charge in [-0.3, -0.25) is 4.98 Å². The number of nitrogens with one attached hydrogen (secondary N) is 1. The van der Waals surface area contributed by atoms with Crippen molar-refractivity contribution in [1.29, 1.82) is 0 Å². The van der Waals surface area contributed by atoms with Crippen LogP contribution >= 0.6 is 12.4 Å². The van der Waals surface area contributed by atoms with Crippen LogP contribution in [0.4, 0.5) is 22.7 Å². The van der Waals surface area contributed by atoms with Crippen LogP contribution in [0, 0.1) is 0 Å². The third kappa shape index (κ3) is 3.23. The highest BCUT2D eigenvalue weighted by Gasteiger charge is 2.05. The van der Waals surface area contributed by atoms with Crippen molar-refractivity contribution in [2.75, 3.05) is 30.0 Å². The molecule has 0 amide bonds. The van der Waals surface area contributed by atoms with Gasteiger partial charge in [-0.05, 0) is 48.5 Å². The summed E-state index contributed by atoms with van der Waals surface area (Å²) in [5.41, 5.74) is 10.6. The second-order valence-electron chi connectivity index (χ2n) is 5.20. The summed E-state index contributed by atoms with van der Waals surface area (Å²) in [6, 6.07) is 15.9. The molecule has 3 rings (SSSR count). The highest BCUT2D eigenvalue weighted by molar-refractivity contribution is 5.95. The molecule has 0 unspecified atom stereocenters. The Labute approximate surface area is 136 Å². The minimum absolute atomic E-state index is 0. The zero-order valence-electron chi connectivity index (χ0n) is 12.6. The number of benzene rings is 2. The summed E-state index contributed by atoms with van der Waals surface area (Å²) in [6.45, 7) is 0. The summed E-state index contributed by atoms with van der Waals surface area (Å²) in [5, 5.41) is 4.52. The van der Waals surface area contributed by atoms with Gasteiger partial charge in [0.15, 0.2) is 0 Å². The minimum Gasteiger partial charge on any atom is -0.399 e. The lowest BCUT2D eigenvalue weighted by Crippen LogP contribution is -2.08. The predicted molar refractivity (Wildman–Crippen MR) is 97.5 cm³/mol. The average molecular weight is 315 g/mol. The highest BCUT2D eigenvalue weighted by Crippen LogP contribution is 2.28. The summed E-state index contributed by atoms with van der Waals surface area (Å²) in [4.78, 5) is 6.50. The van der Waals surface area contributed by atoms with E-state index in [0.29, 0.717) is 0 Å². The van der Waals surface area contributed by atoms with Crippen LogP contribution in [0.1, 0.15) is 0 Å². The van der Waals surface area contributed by atoms with Crippen molar-refractivity contribution < 1.29 is 0 Å². The Bertz CT molecular complexity index is 769. The SMILES string of the molecule is CN(C)c1ccc2nccc(Nc3ccc(N)cc3)c2c1.Cl. The van der Waals surface area contributed by atoms with Gasteiger partial charge in [-0.25, -0.2) is 0 Å². The van der Waals surface area contributed by atoms with E-state index in [0.717, 1.165) is 33.7 Å². The Balaban J connectivity index is 0.00000176. The third-order valence-corrected chi connectivity index (χ3v) is 3.43. The summed E-state index contributed by atoms with van der Waals surface area (Å²) in [6.07, 6.45) is 1.82. The maximum Gasteiger partial charge on any atom is 0.0724 e. The van der Waals surface area contributed by atoms with E-state index in [2.05, 4.69) is 27.3 Å². The number of hydrogen-bond acceptors (Lipinski definition) is 4. The molecule has 4 nitrogen and oxygen atoms in total. The number of rotatable bonds is 3.